The number of nitrogens with zero attached hydrogens (tertiary/aromatic N) is 1. The number of ketones is 1. The first-order valence-electron chi connectivity index (χ1n) is 12.2. The van der Waals surface area contributed by atoms with Crippen LogP contribution in [0.5, 0.6) is 23.0 Å². The van der Waals surface area contributed by atoms with Gasteiger partial charge in [-0.1, -0.05) is 18.2 Å². The average Bonchev–Trinajstić information content (AvgIpc) is 3.18. The summed E-state index contributed by atoms with van der Waals surface area (Å²) in [5, 5.41) is 11.4. The number of carbonyl (C=O) groups is 2. The van der Waals surface area contributed by atoms with E-state index in [1.165, 1.54) is 12.0 Å². The van der Waals surface area contributed by atoms with Crippen molar-refractivity contribution < 1.29 is 33.6 Å². The highest BCUT2D eigenvalue weighted by Gasteiger charge is 2.46. The summed E-state index contributed by atoms with van der Waals surface area (Å²) >= 11 is 0. The molecule has 1 fully saturated rings. The van der Waals surface area contributed by atoms with Crippen molar-refractivity contribution in [3.05, 3.63) is 88.5 Å². The molecule has 3 aromatic carbocycles. The van der Waals surface area contributed by atoms with Crippen molar-refractivity contribution >= 4 is 17.4 Å². The second kappa shape index (κ2) is 11.3. The highest BCUT2D eigenvalue weighted by atomic mass is 16.5. The van der Waals surface area contributed by atoms with Crippen LogP contribution in [0.2, 0.25) is 0 Å². The molecule has 0 saturated carbocycles. The Morgan fingerprint density at radius 1 is 0.895 bits per heavy atom. The number of likely N-dealkylation sites (tertiary alicyclic amines) is 1. The Balaban J connectivity index is 1.84. The standard InChI is InChI=1S/C30H31NO7/c1-6-38-23-13-11-21(14-18(23)2)28(32)26-27(20-8-7-9-22(16-20)35-3)31(30(34)29(26)33)17-19-10-12-24(36-4)25(15-19)37-5/h7-16,27,32H,6,17H2,1-5H3/b28-26-. The number of rotatable bonds is 9. The van der Waals surface area contributed by atoms with Crippen molar-refractivity contribution in [1.29, 1.82) is 0 Å². The second-order valence-corrected chi connectivity index (χ2v) is 8.81. The third kappa shape index (κ3) is 5.02. The topological polar surface area (TPSA) is 94.5 Å². The van der Waals surface area contributed by atoms with Crippen LogP contribution >= 0.6 is 0 Å². The number of aliphatic hydroxyl groups excluding tert-OH is 1. The number of aryl methyl sites for hydroxylation is 1. The van der Waals surface area contributed by atoms with Crippen LogP contribution in [0.1, 0.15) is 35.2 Å². The van der Waals surface area contributed by atoms with Gasteiger partial charge in [0.25, 0.3) is 11.7 Å². The molecule has 0 aliphatic carbocycles. The summed E-state index contributed by atoms with van der Waals surface area (Å²) in [6.07, 6.45) is 0. The molecule has 1 N–H and O–H groups in total. The molecule has 1 aliphatic heterocycles. The molecule has 1 unspecified atom stereocenters. The first-order valence-corrected chi connectivity index (χ1v) is 12.2. The minimum atomic E-state index is -0.843. The van der Waals surface area contributed by atoms with Crippen molar-refractivity contribution in [1.82, 2.24) is 4.90 Å². The number of carbonyl (C=O) groups excluding carboxylic acids is 2. The molecule has 198 valence electrons. The third-order valence-corrected chi connectivity index (χ3v) is 6.50. The van der Waals surface area contributed by atoms with Crippen molar-refractivity contribution in [3.8, 4) is 23.0 Å². The zero-order valence-electron chi connectivity index (χ0n) is 22.1. The zero-order chi connectivity index (χ0) is 27.4. The van der Waals surface area contributed by atoms with E-state index in [2.05, 4.69) is 0 Å². The number of aliphatic hydroxyl groups is 1. The fraction of sp³-hybridized carbons (Fsp3) is 0.267. The maximum atomic E-state index is 13.4. The van der Waals surface area contributed by atoms with Gasteiger partial charge in [0, 0.05) is 12.1 Å². The van der Waals surface area contributed by atoms with Gasteiger partial charge in [-0.25, -0.2) is 0 Å². The third-order valence-electron chi connectivity index (χ3n) is 6.50. The summed E-state index contributed by atoms with van der Waals surface area (Å²) < 4.78 is 21.7. The maximum Gasteiger partial charge on any atom is 0.295 e. The minimum absolute atomic E-state index is 0.00675. The molecule has 1 heterocycles. The number of hydrogen-bond acceptors (Lipinski definition) is 7. The molecule has 1 aliphatic rings. The number of benzene rings is 3. The SMILES string of the molecule is CCOc1ccc(/C(O)=C2/C(=O)C(=O)N(Cc3ccc(OC)c(OC)c3)C2c2cccc(OC)c2)cc1C. The Morgan fingerprint density at radius 3 is 2.29 bits per heavy atom. The van der Waals surface area contributed by atoms with Gasteiger partial charge in [0.2, 0.25) is 0 Å². The molecule has 1 saturated heterocycles. The smallest absolute Gasteiger partial charge is 0.295 e. The van der Waals surface area contributed by atoms with E-state index in [4.69, 9.17) is 18.9 Å². The number of ether oxygens (including phenoxy) is 4. The lowest BCUT2D eigenvalue weighted by atomic mass is 9.94. The predicted molar refractivity (Wildman–Crippen MR) is 143 cm³/mol. The number of hydrogen-bond donors (Lipinski definition) is 1. The monoisotopic (exact) mass is 517 g/mol. The molecule has 38 heavy (non-hydrogen) atoms. The fourth-order valence-corrected chi connectivity index (χ4v) is 4.65. The molecular weight excluding hydrogens is 486 g/mol. The molecule has 8 heteroatoms. The van der Waals surface area contributed by atoms with E-state index in [9.17, 15) is 14.7 Å². The lowest BCUT2D eigenvalue weighted by Gasteiger charge is -2.26. The summed E-state index contributed by atoms with van der Waals surface area (Å²) in [6, 6.07) is 16.8. The van der Waals surface area contributed by atoms with E-state index >= 15 is 0 Å². The van der Waals surface area contributed by atoms with Crippen LogP contribution in [0.4, 0.5) is 0 Å². The molecular formula is C30H31NO7. The van der Waals surface area contributed by atoms with Gasteiger partial charge in [-0.15, -0.1) is 0 Å². The molecule has 0 bridgehead atoms. The Labute approximate surface area is 222 Å². The van der Waals surface area contributed by atoms with Gasteiger partial charge in [-0.2, -0.15) is 0 Å². The van der Waals surface area contributed by atoms with Crippen molar-refractivity contribution in [3.63, 3.8) is 0 Å². The van der Waals surface area contributed by atoms with E-state index in [0.717, 1.165) is 11.1 Å². The minimum Gasteiger partial charge on any atom is -0.507 e. The Kier molecular flexibility index (Phi) is 7.90. The fourth-order valence-electron chi connectivity index (χ4n) is 4.65. The van der Waals surface area contributed by atoms with Crippen molar-refractivity contribution in [2.24, 2.45) is 0 Å². The summed E-state index contributed by atoms with van der Waals surface area (Å²) in [6.45, 7) is 4.35. The largest absolute Gasteiger partial charge is 0.507 e. The molecule has 1 atom stereocenters. The quantitative estimate of drug-likeness (QED) is 0.241. The maximum absolute atomic E-state index is 13.4. The summed E-state index contributed by atoms with van der Waals surface area (Å²) in [5.74, 6) is 0.576. The highest BCUT2D eigenvalue weighted by Crippen LogP contribution is 2.42. The number of methoxy groups -OCH3 is 3. The van der Waals surface area contributed by atoms with Crippen LogP contribution in [0.25, 0.3) is 5.76 Å². The number of Topliss-reactive ketones (excluding diaryl/α,β-unsaturated/α-hetero) is 1. The highest BCUT2D eigenvalue weighted by molar-refractivity contribution is 6.46. The second-order valence-electron chi connectivity index (χ2n) is 8.81. The van der Waals surface area contributed by atoms with Gasteiger partial charge >= 0.3 is 0 Å². The van der Waals surface area contributed by atoms with Crippen molar-refractivity contribution in [2.75, 3.05) is 27.9 Å². The van der Waals surface area contributed by atoms with E-state index < -0.39 is 17.7 Å². The van der Waals surface area contributed by atoms with Crippen LogP contribution in [0, 0.1) is 6.92 Å². The Hall–Kier alpha value is -4.46. The summed E-state index contributed by atoms with van der Waals surface area (Å²) in [5.41, 5.74) is 2.59. The lowest BCUT2D eigenvalue weighted by Crippen LogP contribution is -2.29. The summed E-state index contributed by atoms with van der Waals surface area (Å²) in [7, 11) is 4.62. The average molecular weight is 518 g/mol. The molecule has 0 radical (unpaired) electrons. The first kappa shape index (κ1) is 26.6. The summed E-state index contributed by atoms with van der Waals surface area (Å²) in [4.78, 5) is 28.3. The van der Waals surface area contributed by atoms with E-state index in [0.29, 0.717) is 40.7 Å². The first-order chi connectivity index (χ1) is 18.3. The van der Waals surface area contributed by atoms with E-state index in [-0.39, 0.29) is 17.9 Å². The van der Waals surface area contributed by atoms with Gasteiger partial charge in [0.1, 0.15) is 17.3 Å². The van der Waals surface area contributed by atoms with Crippen LogP contribution in [0.3, 0.4) is 0 Å². The van der Waals surface area contributed by atoms with Gasteiger partial charge in [-0.05, 0) is 73.0 Å². The zero-order valence-corrected chi connectivity index (χ0v) is 22.1. The van der Waals surface area contributed by atoms with Gasteiger partial charge in [0.15, 0.2) is 11.5 Å². The Bertz CT molecular complexity index is 1400. The lowest BCUT2D eigenvalue weighted by molar-refractivity contribution is -0.140. The normalized spacial score (nSPS) is 16.4. The predicted octanol–water partition coefficient (Wildman–Crippen LogP) is 5.04. The molecule has 0 aromatic heterocycles. The van der Waals surface area contributed by atoms with Gasteiger partial charge in [-0.3, -0.25) is 9.59 Å². The molecule has 0 spiro atoms. The van der Waals surface area contributed by atoms with Crippen LogP contribution < -0.4 is 18.9 Å². The number of amides is 1. The van der Waals surface area contributed by atoms with E-state index in [1.807, 2.05) is 13.8 Å². The van der Waals surface area contributed by atoms with Crippen LogP contribution in [-0.4, -0.2) is 49.6 Å². The van der Waals surface area contributed by atoms with Crippen molar-refractivity contribution in [2.45, 2.75) is 26.4 Å². The molecule has 3 aromatic rings. The van der Waals surface area contributed by atoms with E-state index in [1.54, 1.807) is 74.9 Å². The molecule has 1 amide bonds. The van der Waals surface area contributed by atoms with Gasteiger partial charge < -0.3 is 29.0 Å². The molecule has 8 nitrogen and oxygen atoms in total. The van der Waals surface area contributed by atoms with Gasteiger partial charge in [0.05, 0.1) is 39.6 Å². The molecule has 4 rings (SSSR count). The van der Waals surface area contributed by atoms with Crippen LogP contribution in [0.15, 0.2) is 66.2 Å². The van der Waals surface area contributed by atoms with Crippen LogP contribution in [-0.2, 0) is 16.1 Å². The Morgan fingerprint density at radius 2 is 1.63 bits per heavy atom.